The van der Waals surface area contributed by atoms with E-state index in [0.717, 1.165) is 16.1 Å². The van der Waals surface area contributed by atoms with Crippen LogP contribution in [0.2, 0.25) is 0 Å². The summed E-state index contributed by atoms with van der Waals surface area (Å²) in [6.45, 7) is 1.91. The van der Waals surface area contributed by atoms with Crippen molar-refractivity contribution in [2.45, 2.75) is 6.92 Å². The first-order valence-corrected chi connectivity index (χ1v) is 7.40. The number of hydrogen-bond acceptors (Lipinski definition) is 4. The van der Waals surface area contributed by atoms with Gasteiger partial charge in [0.05, 0.1) is 11.3 Å². The van der Waals surface area contributed by atoms with Gasteiger partial charge in [0.1, 0.15) is 5.82 Å². The average molecular weight is 313 g/mol. The van der Waals surface area contributed by atoms with Crippen molar-refractivity contribution in [2.24, 2.45) is 0 Å². The molecule has 1 amide bonds. The van der Waals surface area contributed by atoms with E-state index in [4.69, 9.17) is 0 Å². The third-order valence-corrected chi connectivity index (χ3v) is 3.94. The Kier molecular flexibility index (Phi) is 3.93. The molecule has 3 aromatic rings. The summed E-state index contributed by atoms with van der Waals surface area (Å²) in [5.41, 5.74) is 2.03. The van der Waals surface area contributed by atoms with Crippen molar-refractivity contribution in [3.8, 4) is 11.3 Å². The zero-order valence-electron chi connectivity index (χ0n) is 11.7. The van der Waals surface area contributed by atoms with Crippen molar-refractivity contribution >= 4 is 22.4 Å². The third-order valence-electron chi connectivity index (χ3n) is 3.06. The highest BCUT2D eigenvalue weighted by Crippen LogP contribution is 2.30. The molecule has 3 rings (SSSR count). The first-order chi connectivity index (χ1) is 10.6. The maximum Gasteiger partial charge on any atom is 0.259 e. The fraction of sp³-hybridized carbons (Fsp3) is 0.0625. The van der Waals surface area contributed by atoms with E-state index >= 15 is 0 Å². The summed E-state index contributed by atoms with van der Waals surface area (Å²) >= 11 is 1.38. The average Bonchev–Trinajstić information content (AvgIpc) is 2.89. The molecule has 0 fully saturated rings. The predicted octanol–water partition coefficient (Wildman–Crippen LogP) is 3.90. The summed E-state index contributed by atoms with van der Waals surface area (Å²) in [7, 11) is 0. The Morgan fingerprint density at radius 1 is 1.23 bits per heavy atom. The zero-order chi connectivity index (χ0) is 15.5. The summed E-state index contributed by atoms with van der Waals surface area (Å²) in [5, 5.41) is 3.26. The van der Waals surface area contributed by atoms with Gasteiger partial charge in [0.25, 0.3) is 5.91 Å². The van der Waals surface area contributed by atoms with E-state index in [0.29, 0.717) is 10.7 Å². The minimum atomic E-state index is -0.290. The number of rotatable bonds is 3. The van der Waals surface area contributed by atoms with Gasteiger partial charge in [-0.3, -0.25) is 15.1 Å². The number of anilines is 1. The monoisotopic (exact) mass is 313 g/mol. The van der Waals surface area contributed by atoms with Crippen molar-refractivity contribution in [2.75, 3.05) is 5.32 Å². The number of benzene rings is 1. The zero-order valence-corrected chi connectivity index (χ0v) is 12.5. The summed E-state index contributed by atoms with van der Waals surface area (Å²) in [6.07, 6.45) is 3.10. The van der Waals surface area contributed by atoms with E-state index in [1.807, 2.05) is 6.92 Å². The molecule has 4 nitrogen and oxygen atoms in total. The van der Waals surface area contributed by atoms with Crippen molar-refractivity contribution in [1.29, 1.82) is 0 Å². The largest absolute Gasteiger partial charge is 0.298 e. The molecule has 6 heteroatoms. The van der Waals surface area contributed by atoms with Gasteiger partial charge in [-0.25, -0.2) is 9.37 Å². The Bertz CT molecular complexity index is 800. The summed E-state index contributed by atoms with van der Waals surface area (Å²) < 4.78 is 13.0. The van der Waals surface area contributed by atoms with Crippen LogP contribution in [0.5, 0.6) is 0 Å². The number of nitrogens with zero attached hydrogens (tertiary/aromatic N) is 2. The van der Waals surface area contributed by atoms with E-state index in [1.165, 1.54) is 29.7 Å². The van der Waals surface area contributed by atoms with Crippen molar-refractivity contribution in [3.63, 3.8) is 0 Å². The first-order valence-electron chi connectivity index (χ1n) is 6.58. The number of pyridine rings is 1. The molecule has 0 aliphatic rings. The molecular weight excluding hydrogens is 301 g/mol. The lowest BCUT2D eigenvalue weighted by Gasteiger charge is -2.00. The lowest BCUT2D eigenvalue weighted by atomic mass is 10.1. The van der Waals surface area contributed by atoms with Crippen LogP contribution in [0.1, 0.15) is 15.2 Å². The number of nitrogens with one attached hydrogen (secondary N) is 1. The predicted molar refractivity (Wildman–Crippen MR) is 84.4 cm³/mol. The summed E-state index contributed by atoms with van der Waals surface area (Å²) in [5.74, 6) is -0.547. The van der Waals surface area contributed by atoms with E-state index in [-0.39, 0.29) is 11.7 Å². The number of hydrogen-bond donors (Lipinski definition) is 1. The van der Waals surface area contributed by atoms with Crippen LogP contribution in [0.25, 0.3) is 11.3 Å². The normalized spacial score (nSPS) is 10.5. The number of halogens is 1. The molecule has 0 atom stereocenters. The van der Waals surface area contributed by atoms with Crippen LogP contribution in [0.3, 0.4) is 0 Å². The molecule has 1 aromatic carbocycles. The van der Waals surface area contributed by atoms with Gasteiger partial charge in [0, 0.05) is 22.8 Å². The van der Waals surface area contributed by atoms with E-state index < -0.39 is 0 Å². The first kappa shape index (κ1) is 14.3. The highest BCUT2D eigenvalue weighted by atomic mass is 32.1. The number of aryl methyl sites for hydroxylation is 1. The fourth-order valence-corrected chi connectivity index (χ4v) is 2.82. The van der Waals surface area contributed by atoms with E-state index in [9.17, 15) is 9.18 Å². The van der Waals surface area contributed by atoms with Crippen molar-refractivity contribution in [3.05, 3.63) is 65.0 Å². The summed E-state index contributed by atoms with van der Waals surface area (Å²) in [6, 6.07) is 9.51. The Hall–Kier alpha value is -2.60. The standard InChI is InChI=1S/C16H12FN3OS/c1-10-14(11-4-6-13(17)7-5-11)19-16(22-10)20-15(21)12-3-2-8-18-9-12/h2-9H,1H3,(H,19,20,21). The van der Waals surface area contributed by atoms with Gasteiger partial charge in [-0.1, -0.05) is 0 Å². The van der Waals surface area contributed by atoms with Crippen LogP contribution >= 0.6 is 11.3 Å². The Morgan fingerprint density at radius 2 is 2.00 bits per heavy atom. The number of carbonyl (C=O) groups is 1. The topological polar surface area (TPSA) is 54.9 Å². The van der Waals surface area contributed by atoms with Gasteiger partial charge in [-0.05, 0) is 43.3 Å². The Labute approximate surface area is 130 Å². The highest BCUT2D eigenvalue weighted by molar-refractivity contribution is 7.16. The quantitative estimate of drug-likeness (QED) is 0.797. The number of thiazole rings is 1. The number of aromatic nitrogens is 2. The second-order valence-electron chi connectivity index (χ2n) is 4.63. The lowest BCUT2D eigenvalue weighted by Crippen LogP contribution is -2.11. The molecule has 0 unspecified atom stereocenters. The third kappa shape index (κ3) is 3.01. The van der Waals surface area contributed by atoms with Crippen LogP contribution in [0, 0.1) is 12.7 Å². The SMILES string of the molecule is Cc1sc(NC(=O)c2cccnc2)nc1-c1ccc(F)cc1. The fourth-order valence-electron chi connectivity index (χ4n) is 1.99. The minimum Gasteiger partial charge on any atom is -0.298 e. The molecule has 2 heterocycles. The summed E-state index contributed by atoms with van der Waals surface area (Å²) in [4.78, 5) is 21.4. The molecule has 22 heavy (non-hydrogen) atoms. The second kappa shape index (κ2) is 6.03. The maximum absolute atomic E-state index is 13.0. The molecule has 1 N–H and O–H groups in total. The molecule has 2 aromatic heterocycles. The molecule has 0 bridgehead atoms. The van der Waals surface area contributed by atoms with Crippen LogP contribution in [-0.4, -0.2) is 15.9 Å². The van der Waals surface area contributed by atoms with Gasteiger partial charge in [0.15, 0.2) is 5.13 Å². The number of carbonyl (C=O) groups excluding carboxylic acids is 1. The molecule has 0 aliphatic heterocycles. The highest BCUT2D eigenvalue weighted by Gasteiger charge is 2.13. The van der Waals surface area contributed by atoms with Gasteiger partial charge in [0.2, 0.25) is 0 Å². The number of amides is 1. The van der Waals surface area contributed by atoms with E-state index in [1.54, 1.807) is 30.5 Å². The van der Waals surface area contributed by atoms with Crippen molar-refractivity contribution in [1.82, 2.24) is 9.97 Å². The maximum atomic E-state index is 13.0. The molecule has 0 saturated heterocycles. The molecule has 0 saturated carbocycles. The lowest BCUT2D eigenvalue weighted by molar-refractivity contribution is 0.102. The van der Waals surface area contributed by atoms with Crippen LogP contribution in [-0.2, 0) is 0 Å². The molecular formula is C16H12FN3OS. The second-order valence-corrected chi connectivity index (χ2v) is 5.83. The van der Waals surface area contributed by atoms with Crippen LogP contribution < -0.4 is 5.32 Å². The molecule has 110 valence electrons. The van der Waals surface area contributed by atoms with E-state index in [2.05, 4.69) is 15.3 Å². The van der Waals surface area contributed by atoms with Gasteiger partial charge < -0.3 is 0 Å². The van der Waals surface area contributed by atoms with Crippen LogP contribution in [0.4, 0.5) is 9.52 Å². The smallest absolute Gasteiger partial charge is 0.259 e. The van der Waals surface area contributed by atoms with Gasteiger partial charge in [-0.2, -0.15) is 0 Å². The van der Waals surface area contributed by atoms with Gasteiger partial charge in [-0.15, -0.1) is 11.3 Å². The Morgan fingerprint density at radius 3 is 2.68 bits per heavy atom. The molecule has 0 spiro atoms. The van der Waals surface area contributed by atoms with Gasteiger partial charge >= 0.3 is 0 Å². The van der Waals surface area contributed by atoms with Crippen molar-refractivity contribution < 1.29 is 9.18 Å². The molecule has 0 radical (unpaired) electrons. The minimum absolute atomic E-state index is 0.257. The van der Waals surface area contributed by atoms with Crippen LogP contribution in [0.15, 0.2) is 48.8 Å². The molecule has 0 aliphatic carbocycles. The Balaban J connectivity index is 1.83.